The second-order valence-corrected chi connectivity index (χ2v) is 5.74. The standard InChI is InChI=1S/C15H15F6NO2/c16-14(17,18)11-4-10(5-12(6-11)15(19,20)21)13(24)22-3-1-2-9(7-22)8-23/h4-6,9,23H,1-3,7-8H2/t9-/m1/s1. The second-order valence-electron chi connectivity index (χ2n) is 5.74. The third-order valence-corrected chi connectivity index (χ3v) is 3.90. The zero-order valence-corrected chi connectivity index (χ0v) is 12.4. The molecular formula is C15H15F6NO2. The van der Waals surface area contributed by atoms with Crippen LogP contribution in [0.4, 0.5) is 26.3 Å². The van der Waals surface area contributed by atoms with Crippen LogP contribution in [0.15, 0.2) is 18.2 Å². The number of hydrogen-bond donors (Lipinski definition) is 1. The number of carbonyl (C=O) groups excluding carboxylic acids is 1. The highest BCUT2D eigenvalue weighted by molar-refractivity contribution is 5.94. The SMILES string of the molecule is O=C(c1cc(C(F)(F)F)cc(C(F)(F)F)c1)N1CCC[C@@H](CO)C1. The molecule has 1 aliphatic rings. The highest BCUT2D eigenvalue weighted by Gasteiger charge is 2.38. The minimum Gasteiger partial charge on any atom is -0.396 e. The van der Waals surface area contributed by atoms with Crippen molar-refractivity contribution in [2.75, 3.05) is 19.7 Å². The first-order valence-corrected chi connectivity index (χ1v) is 7.22. The molecule has 1 aliphatic heterocycles. The molecule has 1 heterocycles. The lowest BCUT2D eigenvalue weighted by Crippen LogP contribution is -2.41. The number of aliphatic hydroxyl groups is 1. The average Bonchev–Trinajstić information content (AvgIpc) is 2.52. The smallest absolute Gasteiger partial charge is 0.396 e. The Morgan fingerprint density at radius 1 is 1.08 bits per heavy atom. The Morgan fingerprint density at radius 3 is 2.08 bits per heavy atom. The van der Waals surface area contributed by atoms with Gasteiger partial charge in [-0.25, -0.2) is 0 Å². The summed E-state index contributed by atoms with van der Waals surface area (Å²) >= 11 is 0. The molecule has 0 aliphatic carbocycles. The van der Waals surface area contributed by atoms with Crippen molar-refractivity contribution < 1.29 is 36.2 Å². The lowest BCUT2D eigenvalue weighted by Gasteiger charge is -2.32. The summed E-state index contributed by atoms with van der Waals surface area (Å²) in [4.78, 5) is 13.5. The van der Waals surface area contributed by atoms with Crippen LogP contribution in [0.1, 0.15) is 34.3 Å². The van der Waals surface area contributed by atoms with Crippen molar-refractivity contribution >= 4 is 5.91 Å². The third kappa shape index (κ3) is 4.19. The number of alkyl halides is 6. The van der Waals surface area contributed by atoms with Gasteiger partial charge in [0.15, 0.2) is 0 Å². The van der Waals surface area contributed by atoms with E-state index in [4.69, 9.17) is 5.11 Å². The monoisotopic (exact) mass is 355 g/mol. The summed E-state index contributed by atoms with van der Waals surface area (Å²) in [6.45, 7) is 0.139. The molecule has 1 aromatic carbocycles. The summed E-state index contributed by atoms with van der Waals surface area (Å²) in [5.74, 6) is -1.12. The Kier molecular flexibility index (Phi) is 5.12. The molecule has 1 fully saturated rings. The van der Waals surface area contributed by atoms with Crippen molar-refractivity contribution in [3.8, 4) is 0 Å². The van der Waals surface area contributed by atoms with Gasteiger partial charge in [0.2, 0.25) is 0 Å². The predicted octanol–water partition coefficient (Wildman–Crippen LogP) is 3.57. The number of piperidine rings is 1. The van der Waals surface area contributed by atoms with Crippen LogP contribution < -0.4 is 0 Å². The van der Waals surface area contributed by atoms with Crippen molar-refractivity contribution in [3.05, 3.63) is 34.9 Å². The second kappa shape index (κ2) is 6.62. The molecule has 1 amide bonds. The van der Waals surface area contributed by atoms with Crippen LogP contribution in [0.2, 0.25) is 0 Å². The number of benzene rings is 1. The van der Waals surface area contributed by atoms with Crippen molar-refractivity contribution in [1.82, 2.24) is 4.90 Å². The Hall–Kier alpha value is -1.77. The van der Waals surface area contributed by atoms with Gasteiger partial charge in [-0.15, -0.1) is 0 Å². The van der Waals surface area contributed by atoms with E-state index < -0.39 is 35.0 Å². The molecule has 3 nitrogen and oxygen atoms in total. The van der Waals surface area contributed by atoms with Gasteiger partial charge in [0.1, 0.15) is 0 Å². The van der Waals surface area contributed by atoms with Gasteiger partial charge in [-0.1, -0.05) is 0 Å². The van der Waals surface area contributed by atoms with Gasteiger partial charge in [-0.2, -0.15) is 26.3 Å². The average molecular weight is 355 g/mol. The molecule has 0 aromatic heterocycles. The van der Waals surface area contributed by atoms with Gasteiger partial charge < -0.3 is 10.0 Å². The highest BCUT2D eigenvalue weighted by Crippen LogP contribution is 2.36. The van der Waals surface area contributed by atoms with Crippen LogP contribution in [0.25, 0.3) is 0 Å². The number of rotatable bonds is 2. The zero-order chi connectivity index (χ0) is 18.1. The minimum atomic E-state index is -4.99. The highest BCUT2D eigenvalue weighted by atomic mass is 19.4. The van der Waals surface area contributed by atoms with Crippen molar-refractivity contribution in [3.63, 3.8) is 0 Å². The maximum atomic E-state index is 12.8. The third-order valence-electron chi connectivity index (χ3n) is 3.90. The fourth-order valence-electron chi connectivity index (χ4n) is 2.66. The van der Waals surface area contributed by atoms with Crippen molar-refractivity contribution in [2.45, 2.75) is 25.2 Å². The molecule has 1 N–H and O–H groups in total. The molecule has 1 aromatic rings. The Morgan fingerprint density at radius 2 is 1.62 bits per heavy atom. The molecule has 0 spiro atoms. The van der Waals surface area contributed by atoms with E-state index in [1.54, 1.807) is 0 Å². The topological polar surface area (TPSA) is 40.5 Å². The molecule has 0 unspecified atom stereocenters. The Balaban J connectivity index is 2.39. The van der Waals surface area contributed by atoms with Crippen LogP contribution >= 0.6 is 0 Å². The zero-order valence-electron chi connectivity index (χ0n) is 12.4. The van der Waals surface area contributed by atoms with E-state index in [1.165, 1.54) is 4.90 Å². The summed E-state index contributed by atoms with van der Waals surface area (Å²) in [6, 6.07) is 0.851. The maximum Gasteiger partial charge on any atom is 0.416 e. The largest absolute Gasteiger partial charge is 0.416 e. The summed E-state index contributed by atoms with van der Waals surface area (Å²) in [6.07, 6.45) is -8.81. The Labute approximate surface area is 133 Å². The molecule has 2 rings (SSSR count). The van der Waals surface area contributed by atoms with Crippen LogP contribution in [0.5, 0.6) is 0 Å². The van der Waals surface area contributed by atoms with E-state index in [0.29, 0.717) is 25.0 Å². The van der Waals surface area contributed by atoms with E-state index in [9.17, 15) is 31.1 Å². The fourth-order valence-corrected chi connectivity index (χ4v) is 2.66. The maximum absolute atomic E-state index is 12.8. The van der Waals surface area contributed by atoms with E-state index in [0.717, 1.165) is 0 Å². The molecule has 1 atom stereocenters. The lowest BCUT2D eigenvalue weighted by molar-refractivity contribution is -0.143. The molecule has 0 bridgehead atoms. The minimum absolute atomic E-state index is 0.0104. The fraction of sp³-hybridized carbons (Fsp3) is 0.533. The van der Waals surface area contributed by atoms with Crippen molar-refractivity contribution in [2.24, 2.45) is 5.92 Å². The van der Waals surface area contributed by atoms with Gasteiger partial charge in [0.25, 0.3) is 5.91 Å². The Bertz CT molecular complexity index is 579. The van der Waals surface area contributed by atoms with Crippen LogP contribution in [-0.4, -0.2) is 35.6 Å². The molecule has 9 heteroatoms. The number of aliphatic hydroxyl groups excluding tert-OH is 1. The van der Waals surface area contributed by atoms with Gasteiger partial charge >= 0.3 is 12.4 Å². The number of amides is 1. The van der Waals surface area contributed by atoms with E-state index in [2.05, 4.69) is 0 Å². The number of carbonyl (C=O) groups is 1. The number of likely N-dealkylation sites (tertiary alicyclic amines) is 1. The van der Waals surface area contributed by atoms with Crippen LogP contribution in [0, 0.1) is 5.92 Å². The van der Waals surface area contributed by atoms with Crippen LogP contribution in [0.3, 0.4) is 0 Å². The van der Waals surface area contributed by atoms with Gasteiger partial charge in [0, 0.05) is 25.3 Å². The number of halogens is 6. The summed E-state index contributed by atoms with van der Waals surface area (Å²) in [7, 11) is 0. The van der Waals surface area contributed by atoms with Gasteiger partial charge in [0.05, 0.1) is 11.1 Å². The quantitative estimate of drug-likeness (QED) is 0.824. The summed E-state index contributed by atoms with van der Waals surface area (Å²) < 4.78 is 77.0. The molecular weight excluding hydrogens is 340 g/mol. The molecule has 1 saturated heterocycles. The van der Waals surface area contributed by atoms with Crippen molar-refractivity contribution in [1.29, 1.82) is 0 Å². The summed E-state index contributed by atoms with van der Waals surface area (Å²) in [5, 5.41) is 9.13. The number of hydrogen-bond acceptors (Lipinski definition) is 2. The predicted molar refractivity (Wildman–Crippen MR) is 72.2 cm³/mol. The molecule has 0 radical (unpaired) electrons. The first-order valence-electron chi connectivity index (χ1n) is 7.22. The van der Waals surface area contributed by atoms with Gasteiger partial charge in [-0.05, 0) is 37.0 Å². The van der Waals surface area contributed by atoms with Crippen LogP contribution in [-0.2, 0) is 12.4 Å². The molecule has 134 valence electrons. The first-order chi connectivity index (χ1) is 11.0. The molecule has 0 saturated carbocycles. The molecule has 24 heavy (non-hydrogen) atoms. The van der Waals surface area contributed by atoms with E-state index in [1.807, 2.05) is 0 Å². The van der Waals surface area contributed by atoms with E-state index >= 15 is 0 Å². The normalized spacial score (nSPS) is 19.5. The van der Waals surface area contributed by atoms with Gasteiger partial charge in [-0.3, -0.25) is 4.79 Å². The lowest BCUT2D eigenvalue weighted by atomic mass is 9.97. The first kappa shape index (κ1) is 18.6. The number of nitrogens with zero attached hydrogens (tertiary/aromatic N) is 1. The summed E-state index contributed by atoms with van der Waals surface area (Å²) in [5.41, 5.74) is -3.69. The van der Waals surface area contributed by atoms with E-state index in [-0.39, 0.29) is 31.7 Å².